The van der Waals surface area contributed by atoms with E-state index in [1.807, 2.05) is 6.07 Å². The molecule has 0 unspecified atom stereocenters. The molecule has 9 nitrogen and oxygen atoms in total. The van der Waals surface area contributed by atoms with Crippen LogP contribution in [0, 0.1) is 0 Å². The molecule has 3 aromatic rings. The van der Waals surface area contributed by atoms with E-state index < -0.39 is 29.8 Å². The second kappa shape index (κ2) is 9.59. The summed E-state index contributed by atoms with van der Waals surface area (Å²) in [6.45, 7) is -0.378. The molecule has 2 aromatic heterocycles. The van der Waals surface area contributed by atoms with Gasteiger partial charge in [-0.2, -0.15) is 0 Å². The van der Waals surface area contributed by atoms with Gasteiger partial charge in [-0.25, -0.2) is 9.67 Å². The van der Waals surface area contributed by atoms with Crippen LogP contribution < -0.4 is 5.73 Å². The van der Waals surface area contributed by atoms with Crippen molar-refractivity contribution in [2.75, 3.05) is 19.5 Å². The second-order valence-electron chi connectivity index (χ2n) is 6.76. The molecule has 1 fully saturated rings. The highest BCUT2D eigenvalue weighted by Crippen LogP contribution is 2.40. The average molecular weight is 504 g/mol. The Hall–Kier alpha value is -1.44. The molecule has 4 rings (SSSR count). The lowest BCUT2D eigenvalue weighted by atomic mass is 9.97. The molecule has 13 heteroatoms. The molecular formula is C18H19Cl2N5O4S2. The van der Waals surface area contributed by atoms with Crippen LogP contribution in [0.5, 0.6) is 0 Å². The van der Waals surface area contributed by atoms with Gasteiger partial charge < -0.3 is 25.4 Å². The van der Waals surface area contributed by atoms with Gasteiger partial charge in [0.2, 0.25) is 0 Å². The van der Waals surface area contributed by atoms with Crippen molar-refractivity contribution in [2.24, 2.45) is 0 Å². The molecule has 1 aromatic carbocycles. The van der Waals surface area contributed by atoms with Gasteiger partial charge in [0.15, 0.2) is 5.13 Å². The third kappa shape index (κ3) is 4.69. The van der Waals surface area contributed by atoms with Gasteiger partial charge in [-0.15, -0.1) is 16.4 Å². The molecule has 3 heterocycles. The third-order valence-corrected chi connectivity index (χ3v) is 7.39. The number of methoxy groups -OCH3 is 1. The van der Waals surface area contributed by atoms with E-state index in [0.29, 0.717) is 26.6 Å². The lowest BCUT2D eigenvalue weighted by molar-refractivity contribution is -0.186. The van der Waals surface area contributed by atoms with Gasteiger partial charge in [-0.1, -0.05) is 40.2 Å². The standard InChI is InChI=1S/C18H19Cl2N5O4S2/c1-28-16-14(25-5-11(23-24-25)12-7-30-18(21)22-12)15(27)13(6-26)29-17(16)31-8-2-3-9(19)10(20)4-8/h2-5,7,13-17,26-27H,6H2,1H3,(H2,21,22)/t13-,14+,15+,16-,17-/m1/s1. The van der Waals surface area contributed by atoms with E-state index in [2.05, 4.69) is 15.3 Å². The first kappa shape index (κ1) is 22.7. The van der Waals surface area contributed by atoms with Crippen molar-refractivity contribution in [1.82, 2.24) is 20.0 Å². The lowest BCUT2D eigenvalue weighted by Crippen LogP contribution is -2.55. The fourth-order valence-corrected chi connectivity index (χ4v) is 5.46. The van der Waals surface area contributed by atoms with E-state index in [9.17, 15) is 10.2 Å². The van der Waals surface area contributed by atoms with E-state index in [1.54, 1.807) is 23.7 Å². The number of nitrogens with zero attached hydrogens (tertiary/aromatic N) is 4. The number of anilines is 1. The van der Waals surface area contributed by atoms with Crippen LogP contribution in [0.25, 0.3) is 11.4 Å². The minimum atomic E-state index is -1.09. The van der Waals surface area contributed by atoms with Gasteiger partial charge in [-0.05, 0) is 18.2 Å². The summed E-state index contributed by atoms with van der Waals surface area (Å²) in [6, 6.07) is 4.55. The monoisotopic (exact) mass is 503 g/mol. The smallest absolute Gasteiger partial charge is 0.180 e. The van der Waals surface area contributed by atoms with Crippen LogP contribution >= 0.6 is 46.3 Å². The topological polar surface area (TPSA) is 129 Å². The van der Waals surface area contributed by atoms with Crippen LogP contribution in [0.2, 0.25) is 10.0 Å². The van der Waals surface area contributed by atoms with Crippen molar-refractivity contribution < 1.29 is 19.7 Å². The lowest BCUT2D eigenvalue weighted by Gasteiger charge is -2.43. The number of ether oxygens (including phenoxy) is 2. The fraction of sp³-hybridized carbons (Fsp3) is 0.389. The van der Waals surface area contributed by atoms with Crippen LogP contribution in [-0.2, 0) is 9.47 Å². The number of aliphatic hydroxyl groups is 2. The molecule has 1 saturated heterocycles. The number of nitrogen functional groups attached to an aromatic ring is 1. The molecule has 0 radical (unpaired) electrons. The Bertz CT molecular complexity index is 1050. The quantitative estimate of drug-likeness (QED) is 0.464. The van der Waals surface area contributed by atoms with Crippen LogP contribution in [0.4, 0.5) is 5.13 Å². The molecule has 1 aliphatic rings. The average Bonchev–Trinajstić information content (AvgIpc) is 3.40. The van der Waals surface area contributed by atoms with Gasteiger partial charge in [-0.3, -0.25) is 0 Å². The second-order valence-corrected chi connectivity index (χ2v) is 9.63. The van der Waals surface area contributed by atoms with Gasteiger partial charge >= 0.3 is 0 Å². The molecule has 1 aliphatic heterocycles. The van der Waals surface area contributed by atoms with Crippen LogP contribution in [0.15, 0.2) is 34.7 Å². The highest BCUT2D eigenvalue weighted by Gasteiger charge is 2.47. The van der Waals surface area contributed by atoms with Crippen LogP contribution in [-0.4, -0.2) is 67.7 Å². The number of halogens is 2. The summed E-state index contributed by atoms with van der Waals surface area (Å²) >= 11 is 14.8. The summed E-state index contributed by atoms with van der Waals surface area (Å²) in [7, 11) is 1.52. The Balaban J connectivity index is 1.64. The molecule has 0 spiro atoms. The first-order valence-electron chi connectivity index (χ1n) is 9.13. The number of aliphatic hydroxyl groups excluding tert-OH is 2. The van der Waals surface area contributed by atoms with Crippen LogP contribution in [0.1, 0.15) is 6.04 Å². The van der Waals surface area contributed by atoms with Crippen molar-refractivity contribution in [2.45, 2.75) is 34.7 Å². The maximum Gasteiger partial charge on any atom is 0.180 e. The molecule has 5 atom stereocenters. The Labute approximate surface area is 196 Å². The van der Waals surface area contributed by atoms with Crippen molar-refractivity contribution in [3.8, 4) is 11.4 Å². The predicted octanol–water partition coefficient (Wildman–Crippen LogP) is 2.72. The number of nitrogens with two attached hydrogens (primary N) is 1. The van der Waals surface area contributed by atoms with Gasteiger partial charge in [0, 0.05) is 17.4 Å². The number of hydrogen-bond acceptors (Lipinski definition) is 10. The summed E-state index contributed by atoms with van der Waals surface area (Å²) in [5.74, 6) is 0. The van der Waals surface area contributed by atoms with Gasteiger partial charge in [0.1, 0.15) is 41.2 Å². The summed E-state index contributed by atoms with van der Waals surface area (Å²) in [6.07, 6.45) is -0.892. The first-order valence-corrected chi connectivity index (χ1v) is 11.6. The fourth-order valence-electron chi connectivity index (χ4n) is 3.34. The highest BCUT2D eigenvalue weighted by molar-refractivity contribution is 7.99. The van der Waals surface area contributed by atoms with E-state index in [4.69, 9.17) is 38.4 Å². The van der Waals surface area contributed by atoms with Crippen LogP contribution in [0.3, 0.4) is 0 Å². The first-order chi connectivity index (χ1) is 14.9. The third-order valence-electron chi connectivity index (χ3n) is 4.84. The highest BCUT2D eigenvalue weighted by atomic mass is 35.5. The normalized spacial score (nSPS) is 26.3. The van der Waals surface area contributed by atoms with Crippen molar-refractivity contribution in [1.29, 1.82) is 0 Å². The number of thioether (sulfide) groups is 1. The van der Waals surface area contributed by atoms with Crippen molar-refractivity contribution >= 4 is 51.4 Å². The summed E-state index contributed by atoms with van der Waals surface area (Å²) in [5, 5.41) is 32.1. The molecule has 4 N–H and O–H groups in total. The van der Waals surface area contributed by atoms with E-state index >= 15 is 0 Å². The SMILES string of the molecule is CO[C@@H]1[C@@H](n2cc(-c3csc(N)n3)nn2)[C@@H](O)[C@@H](CO)O[C@@H]1Sc1ccc(Cl)c(Cl)c1. The number of benzene rings is 1. The molecule has 0 bridgehead atoms. The van der Waals surface area contributed by atoms with E-state index in [-0.39, 0.29) is 6.61 Å². The zero-order valence-electron chi connectivity index (χ0n) is 16.1. The molecule has 0 saturated carbocycles. The molecule has 0 amide bonds. The minimum absolute atomic E-state index is 0.378. The number of rotatable bonds is 6. The maximum atomic E-state index is 10.9. The van der Waals surface area contributed by atoms with Crippen molar-refractivity contribution in [3.05, 3.63) is 39.8 Å². The maximum absolute atomic E-state index is 10.9. The van der Waals surface area contributed by atoms with Crippen molar-refractivity contribution in [3.63, 3.8) is 0 Å². The van der Waals surface area contributed by atoms with E-state index in [1.165, 1.54) is 34.9 Å². The zero-order valence-corrected chi connectivity index (χ0v) is 19.3. The Morgan fingerprint density at radius 3 is 2.77 bits per heavy atom. The number of thiazole rings is 1. The largest absolute Gasteiger partial charge is 0.394 e. The minimum Gasteiger partial charge on any atom is -0.394 e. The Morgan fingerprint density at radius 2 is 2.13 bits per heavy atom. The summed E-state index contributed by atoms with van der Waals surface area (Å²) in [5.41, 5.74) is 6.23. The molecule has 166 valence electrons. The summed E-state index contributed by atoms with van der Waals surface area (Å²) in [4.78, 5) is 5.01. The Morgan fingerprint density at radius 1 is 1.32 bits per heavy atom. The summed E-state index contributed by atoms with van der Waals surface area (Å²) < 4.78 is 13.2. The van der Waals surface area contributed by atoms with Gasteiger partial charge in [0.25, 0.3) is 0 Å². The van der Waals surface area contributed by atoms with Gasteiger partial charge in [0.05, 0.1) is 22.8 Å². The zero-order chi connectivity index (χ0) is 22.1. The number of hydrogen-bond donors (Lipinski definition) is 3. The Kier molecular flexibility index (Phi) is 7.04. The number of aromatic nitrogens is 4. The molecule has 0 aliphatic carbocycles. The molecular weight excluding hydrogens is 485 g/mol. The van der Waals surface area contributed by atoms with E-state index in [0.717, 1.165) is 4.90 Å². The molecule has 31 heavy (non-hydrogen) atoms. The predicted molar refractivity (Wildman–Crippen MR) is 119 cm³/mol.